The molecule has 10 heavy (non-hydrogen) atoms. The highest BCUT2D eigenvalue weighted by molar-refractivity contribution is 3.89. The van der Waals surface area contributed by atoms with Crippen LogP contribution in [0.15, 0.2) is 0 Å². The van der Waals surface area contributed by atoms with E-state index < -0.39 is 5.03 Å². The van der Waals surface area contributed by atoms with Gasteiger partial charge in [0.15, 0.2) is 5.03 Å². The molecule has 0 fully saturated rings. The molecular formula is H10N5O5. The van der Waals surface area contributed by atoms with Crippen molar-refractivity contribution < 1.29 is 20.7 Å². The van der Waals surface area contributed by atoms with E-state index in [-0.39, 0.29) is 6.15 Å². The Kier molecular flexibility index (Phi) is 102. The Morgan fingerprint density at radius 1 is 1.40 bits per heavy atom. The van der Waals surface area contributed by atoms with Gasteiger partial charge in [0.25, 0.3) is 0 Å². The summed E-state index contributed by atoms with van der Waals surface area (Å²) in [6.07, 6.45) is 0. The fourth-order valence-corrected chi connectivity index (χ4v) is 0. The van der Waals surface area contributed by atoms with Crippen molar-refractivity contribution in [3.8, 4) is 0 Å². The number of hydrogen-bond acceptors (Lipinski definition) is 7. The summed E-state index contributed by atoms with van der Waals surface area (Å²) in [5.74, 6) is 6.75. The molecule has 10 N–H and O–H groups in total. The van der Waals surface area contributed by atoms with E-state index in [2.05, 4.69) is 11.8 Å². The van der Waals surface area contributed by atoms with E-state index in [0.717, 1.165) is 5.59 Å². The minimum atomic E-state index is -1.07. The predicted octanol–water partition coefficient (Wildman–Crippen LogP) is -2.06. The molecule has 0 bridgehead atoms. The van der Waals surface area contributed by atoms with Crippen LogP contribution in [0.1, 0.15) is 0 Å². The van der Waals surface area contributed by atoms with Crippen LogP contribution in [0.25, 0.3) is 0 Å². The highest BCUT2D eigenvalue weighted by Gasteiger charge is 1.75. The van der Waals surface area contributed by atoms with Crippen LogP contribution in [0, 0.1) is 10.1 Å². The van der Waals surface area contributed by atoms with Crippen molar-refractivity contribution in [2.45, 2.75) is 0 Å². The third-order valence-corrected chi connectivity index (χ3v) is 0.0816. The van der Waals surface area contributed by atoms with E-state index in [1.165, 1.54) is 0 Å². The summed E-state index contributed by atoms with van der Waals surface area (Å²) < 4.78 is 0. The first-order chi connectivity index (χ1) is 4.27. The first-order valence-electron chi connectivity index (χ1n) is 1.31. The van der Waals surface area contributed by atoms with E-state index in [9.17, 15) is 0 Å². The molecule has 0 amide bonds. The van der Waals surface area contributed by atoms with Crippen LogP contribution in [-0.2, 0) is 5.21 Å². The van der Waals surface area contributed by atoms with Gasteiger partial charge in [-0.2, -0.15) is 5.90 Å². The number of nitrogens with zero attached hydrogens (tertiary/aromatic N) is 1. The van der Waals surface area contributed by atoms with Gasteiger partial charge in [0.2, 0.25) is 0 Å². The van der Waals surface area contributed by atoms with E-state index in [1.807, 2.05) is 0 Å². The van der Waals surface area contributed by atoms with E-state index >= 15 is 0 Å². The lowest BCUT2D eigenvalue weighted by molar-refractivity contribution is -0.600. The summed E-state index contributed by atoms with van der Waals surface area (Å²) in [6, 6.07) is 0. The lowest BCUT2D eigenvalue weighted by Crippen LogP contribution is -2.14. The van der Waals surface area contributed by atoms with Gasteiger partial charge < -0.3 is 11.4 Å². The normalized spacial score (nSPS) is 4.50. The van der Waals surface area contributed by atoms with E-state index in [1.54, 1.807) is 0 Å². The molecule has 0 aliphatic carbocycles. The van der Waals surface area contributed by atoms with Crippen LogP contribution >= 0.6 is 0 Å². The highest BCUT2D eigenvalue weighted by atomic mass is 16.7. The Labute approximate surface area is 55.6 Å². The Balaban J connectivity index is -0.0000000315. The van der Waals surface area contributed by atoms with Crippen LogP contribution in [0.4, 0.5) is 0 Å². The summed E-state index contributed by atoms with van der Waals surface area (Å²) in [5, 5.41) is 29.2. The van der Waals surface area contributed by atoms with Crippen molar-refractivity contribution in [2.75, 3.05) is 0 Å². The Morgan fingerprint density at radius 2 is 1.50 bits per heavy atom. The molecule has 0 aliphatic heterocycles. The average Bonchev–Trinajstić information content (AvgIpc) is 1.97. The van der Waals surface area contributed by atoms with E-state index in [4.69, 9.17) is 25.7 Å². The molecule has 0 aromatic heterocycles. The topological polar surface area (TPSA) is 203 Å². The lowest BCUT2D eigenvalue weighted by Gasteiger charge is -1.74. The number of nitrogens with one attached hydrogen (secondary N) is 1. The van der Waals surface area contributed by atoms with Crippen LogP contribution in [-0.4, -0.2) is 15.4 Å². The molecule has 0 aromatic rings. The zero-order chi connectivity index (χ0) is 8.28. The summed E-state index contributed by atoms with van der Waals surface area (Å²) in [5.41, 5.74) is 0.750. The van der Waals surface area contributed by atoms with Crippen molar-refractivity contribution in [1.29, 1.82) is 0 Å². The standard InChI is InChI=1S/H2N2O3.H3NO.H2NO.H3N/c3-1-2(4)5;2*1-2;/h1,3H;2H,1H2;1H2;1H3. The van der Waals surface area contributed by atoms with Gasteiger partial charge >= 0.3 is 0 Å². The zero-order valence-electron chi connectivity index (χ0n) is 4.93. The first-order valence-corrected chi connectivity index (χ1v) is 1.31. The molecule has 10 nitrogen and oxygen atoms in total. The Hall–Kier alpha value is -1.04. The first kappa shape index (κ1) is 23.1. The maximum atomic E-state index is 8.81. The highest BCUT2D eigenvalue weighted by Crippen LogP contribution is 1.41. The molecular weight excluding hydrogens is 150 g/mol. The molecule has 0 saturated heterocycles. The van der Waals surface area contributed by atoms with Crippen molar-refractivity contribution >= 4 is 0 Å². The quantitative estimate of drug-likeness (QED) is 0.185. The summed E-state index contributed by atoms with van der Waals surface area (Å²) >= 11 is 0. The van der Waals surface area contributed by atoms with Gasteiger partial charge in [-0.15, -0.1) is 5.21 Å². The second-order valence-electron chi connectivity index (χ2n) is 0.357. The summed E-state index contributed by atoms with van der Waals surface area (Å²) in [6.45, 7) is 0. The van der Waals surface area contributed by atoms with E-state index in [0.29, 0.717) is 0 Å². The number of nitrogens with two attached hydrogens (primary N) is 2. The SMILES string of the molecule is N.NO.N[O].O=[N+]([O-])NO. The molecule has 0 atom stereocenters. The van der Waals surface area contributed by atoms with Gasteiger partial charge in [-0.25, -0.2) is 21.2 Å². The average molecular weight is 160 g/mol. The van der Waals surface area contributed by atoms with Gasteiger partial charge in [-0.3, -0.25) is 0 Å². The minimum Gasteiger partial charge on any atom is -0.344 e. The molecule has 0 unspecified atom stereocenters. The maximum absolute atomic E-state index is 8.81. The molecule has 65 valence electrons. The third-order valence-electron chi connectivity index (χ3n) is 0.0816. The Morgan fingerprint density at radius 3 is 1.50 bits per heavy atom. The second kappa shape index (κ2) is 44.0. The molecule has 0 aromatic carbocycles. The number of hydrazine groups is 1. The molecule has 0 aliphatic rings. The predicted molar refractivity (Wildman–Crippen MR) is 27.8 cm³/mol. The minimum absolute atomic E-state index is 0. The van der Waals surface area contributed by atoms with Crippen LogP contribution in [0.3, 0.4) is 0 Å². The van der Waals surface area contributed by atoms with Gasteiger partial charge in [0, 0.05) is 0 Å². The van der Waals surface area contributed by atoms with Crippen molar-refractivity contribution in [2.24, 2.45) is 11.8 Å². The molecule has 0 heterocycles. The van der Waals surface area contributed by atoms with Gasteiger partial charge in [-0.1, -0.05) is 0 Å². The summed E-state index contributed by atoms with van der Waals surface area (Å²) in [4.78, 5) is 8.81. The van der Waals surface area contributed by atoms with Gasteiger partial charge in [0.1, 0.15) is 0 Å². The van der Waals surface area contributed by atoms with Crippen molar-refractivity contribution in [3.63, 3.8) is 0 Å². The largest absolute Gasteiger partial charge is 0.344 e. The smallest absolute Gasteiger partial charge is 0.184 e. The number of rotatable bonds is 1. The van der Waals surface area contributed by atoms with Gasteiger partial charge in [0.05, 0.1) is 0 Å². The summed E-state index contributed by atoms with van der Waals surface area (Å²) in [7, 11) is 0. The van der Waals surface area contributed by atoms with Crippen molar-refractivity contribution in [3.05, 3.63) is 10.1 Å². The molecule has 0 rings (SSSR count). The Bertz CT molecular complexity index is 45.3. The molecule has 0 saturated carbocycles. The molecule has 1 radical (unpaired) electrons. The van der Waals surface area contributed by atoms with Crippen LogP contribution in [0.5, 0.6) is 0 Å². The fourth-order valence-electron chi connectivity index (χ4n) is 0. The van der Waals surface area contributed by atoms with Crippen LogP contribution in [0.2, 0.25) is 0 Å². The zero-order valence-corrected chi connectivity index (χ0v) is 4.93. The molecule has 0 spiro atoms. The number of hydrogen-bond donors (Lipinski definition) is 6. The van der Waals surface area contributed by atoms with Crippen LogP contribution < -0.4 is 23.5 Å². The van der Waals surface area contributed by atoms with Crippen molar-refractivity contribution in [1.82, 2.24) is 11.7 Å². The fraction of sp³-hybridized carbons (Fsp3) is 0. The molecule has 10 heteroatoms. The third kappa shape index (κ3) is 268. The monoisotopic (exact) mass is 160 g/mol. The second-order valence-corrected chi connectivity index (χ2v) is 0.357. The lowest BCUT2D eigenvalue weighted by atomic mass is 12.6. The maximum Gasteiger partial charge on any atom is 0.184 e. The van der Waals surface area contributed by atoms with Gasteiger partial charge in [-0.05, 0) is 5.59 Å². The number of nitro groups is 1.